The average molecular weight is 338 g/mol. The van der Waals surface area contributed by atoms with E-state index in [9.17, 15) is 18.0 Å². The van der Waals surface area contributed by atoms with Crippen molar-refractivity contribution in [1.82, 2.24) is 10.6 Å². The summed E-state index contributed by atoms with van der Waals surface area (Å²) in [5.41, 5.74) is 1.63. The van der Waals surface area contributed by atoms with Gasteiger partial charge in [0, 0.05) is 6.54 Å². The van der Waals surface area contributed by atoms with Gasteiger partial charge in [0.25, 0.3) is 0 Å². The molecule has 2 amide bonds. The van der Waals surface area contributed by atoms with Gasteiger partial charge in [-0.1, -0.05) is 29.8 Å². The Morgan fingerprint density at radius 1 is 1.35 bits per heavy atom. The van der Waals surface area contributed by atoms with Crippen molar-refractivity contribution in [2.45, 2.75) is 38.0 Å². The standard InChI is InChI=1S/C16H22N2O4S/c1-12-5-4-6-13(9-12)10-23(21,22)11-15(19)18-14-7-2-3-8-17-16(14)20/h4-6,9,14H,2-3,7-8,10-11H2,1H3,(H,17,20)(H,18,19)/t14-/m0/s1. The van der Waals surface area contributed by atoms with Gasteiger partial charge in [0.05, 0.1) is 5.75 Å². The van der Waals surface area contributed by atoms with Crippen LogP contribution >= 0.6 is 0 Å². The highest BCUT2D eigenvalue weighted by Gasteiger charge is 2.25. The Kier molecular flexibility index (Phi) is 5.76. The summed E-state index contributed by atoms with van der Waals surface area (Å²) < 4.78 is 24.3. The summed E-state index contributed by atoms with van der Waals surface area (Å²) in [6.45, 7) is 2.48. The lowest BCUT2D eigenvalue weighted by Gasteiger charge is -2.15. The monoisotopic (exact) mass is 338 g/mol. The molecule has 2 rings (SSSR count). The Morgan fingerprint density at radius 3 is 2.87 bits per heavy atom. The molecular weight excluding hydrogens is 316 g/mol. The van der Waals surface area contributed by atoms with E-state index >= 15 is 0 Å². The van der Waals surface area contributed by atoms with Crippen LogP contribution in [0, 0.1) is 6.92 Å². The lowest BCUT2D eigenvalue weighted by atomic mass is 10.1. The Labute approximate surface area is 136 Å². The number of sulfone groups is 1. The van der Waals surface area contributed by atoms with E-state index < -0.39 is 27.5 Å². The third kappa shape index (κ3) is 5.67. The lowest BCUT2D eigenvalue weighted by molar-refractivity contribution is -0.127. The van der Waals surface area contributed by atoms with E-state index in [0.29, 0.717) is 18.5 Å². The number of benzene rings is 1. The predicted octanol–water partition coefficient (Wildman–Crippen LogP) is 0.695. The van der Waals surface area contributed by atoms with Crippen molar-refractivity contribution in [1.29, 1.82) is 0 Å². The maximum Gasteiger partial charge on any atom is 0.242 e. The Balaban J connectivity index is 1.94. The van der Waals surface area contributed by atoms with Crippen LogP contribution in [-0.2, 0) is 25.2 Å². The molecule has 0 aliphatic carbocycles. The van der Waals surface area contributed by atoms with Gasteiger partial charge in [0.15, 0.2) is 9.84 Å². The molecule has 2 N–H and O–H groups in total. The number of rotatable bonds is 5. The van der Waals surface area contributed by atoms with Gasteiger partial charge in [-0.25, -0.2) is 8.42 Å². The second-order valence-electron chi connectivity index (χ2n) is 5.93. The molecule has 1 aliphatic rings. The molecule has 1 atom stereocenters. The second-order valence-corrected chi connectivity index (χ2v) is 7.99. The highest BCUT2D eigenvalue weighted by Crippen LogP contribution is 2.10. The van der Waals surface area contributed by atoms with E-state index in [1.807, 2.05) is 13.0 Å². The fourth-order valence-electron chi connectivity index (χ4n) is 2.62. The quantitative estimate of drug-likeness (QED) is 0.826. The van der Waals surface area contributed by atoms with Crippen LogP contribution in [0.5, 0.6) is 0 Å². The minimum atomic E-state index is -3.57. The Hall–Kier alpha value is -1.89. The van der Waals surface area contributed by atoms with Crippen molar-refractivity contribution in [2.24, 2.45) is 0 Å². The van der Waals surface area contributed by atoms with Crippen LogP contribution < -0.4 is 10.6 Å². The fourth-order valence-corrected chi connectivity index (χ4v) is 3.89. The van der Waals surface area contributed by atoms with E-state index in [-0.39, 0.29) is 11.7 Å². The lowest BCUT2D eigenvalue weighted by Crippen LogP contribution is -2.47. The van der Waals surface area contributed by atoms with E-state index in [0.717, 1.165) is 18.4 Å². The molecule has 126 valence electrons. The maximum atomic E-state index is 12.2. The van der Waals surface area contributed by atoms with Gasteiger partial charge in [0.2, 0.25) is 11.8 Å². The van der Waals surface area contributed by atoms with Gasteiger partial charge in [-0.15, -0.1) is 0 Å². The highest BCUT2D eigenvalue weighted by molar-refractivity contribution is 7.91. The van der Waals surface area contributed by atoms with Crippen molar-refractivity contribution in [2.75, 3.05) is 12.3 Å². The summed E-state index contributed by atoms with van der Waals surface area (Å²) >= 11 is 0. The third-order valence-electron chi connectivity index (χ3n) is 3.69. The summed E-state index contributed by atoms with van der Waals surface area (Å²) in [5.74, 6) is -1.66. The first kappa shape index (κ1) is 17.5. The van der Waals surface area contributed by atoms with E-state index in [2.05, 4.69) is 10.6 Å². The Bertz CT molecular complexity index is 685. The zero-order chi connectivity index (χ0) is 16.9. The summed E-state index contributed by atoms with van der Waals surface area (Å²) in [4.78, 5) is 23.7. The topological polar surface area (TPSA) is 92.3 Å². The molecule has 0 unspecified atom stereocenters. The summed E-state index contributed by atoms with van der Waals surface area (Å²) in [5, 5.41) is 5.24. The number of nitrogens with one attached hydrogen (secondary N) is 2. The maximum absolute atomic E-state index is 12.2. The molecule has 0 saturated carbocycles. The molecule has 23 heavy (non-hydrogen) atoms. The van der Waals surface area contributed by atoms with Crippen LogP contribution in [-0.4, -0.2) is 38.6 Å². The van der Waals surface area contributed by atoms with Crippen LogP contribution in [0.3, 0.4) is 0 Å². The average Bonchev–Trinajstić information content (AvgIpc) is 2.63. The van der Waals surface area contributed by atoms with E-state index in [1.165, 1.54) is 0 Å². The van der Waals surface area contributed by atoms with Crippen LogP contribution in [0.15, 0.2) is 24.3 Å². The molecule has 1 aromatic carbocycles. The van der Waals surface area contributed by atoms with Crippen molar-refractivity contribution >= 4 is 21.7 Å². The van der Waals surface area contributed by atoms with Crippen LogP contribution in [0.4, 0.5) is 0 Å². The molecule has 1 aliphatic heterocycles. The fraction of sp³-hybridized carbons (Fsp3) is 0.500. The number of hydrogen-bond acceptors (Lipinski definition) is 4. The van der Waals surface area contributed by atoms with Crippen molar-refractivity contribution in [3.63, 3.8) is 0 Å². The van der Waals surface area contributed by atoms with E-state index in [1.54, 1.807) is 18.2 Å². The van der Waals surface area contributed by atoms with Crippen LogP contribution in [0.25, 0.3) is 0 Å². The molecule has 0 spiro atoms. The number of carbonyl (C=O) groups is 2. The van der Waals surface area contributed by atoms with Crippen LogP contribution in [0.1, 0.15) is 30.4 Å². The van der Waals surface area contributed by atoms with Crippen molar-refractivity contribution in [3.05, 3.63) is 35.4 Å². The normalized spacial score (nSPS) is 18.8. The third-order valence-corrected chi connectivity index (χ3v) is 5.17. The second kappa shape index (κ2) is 7.59. The number of amides is 2. The predicted molar refractivity (Wildman–Crippen MR) is 87.5 cm³/mol. The summed E-state index contributed by atoms with van der Waals surface area (Å²) in [6, 6.07) is 6.54. The SMILES string of the molecule is Cc1cccc(CS(=O)(=O)CC(=O)N[C@H]2CCCCNC2=O)c1. The largest absolute Gasteiger partial charge is 0.354 e. The first-order valence-electron chi connectivity index (χ1n) is 7.69. The van der Waals surface area contributed by atoms with Gasteiger partial charge in [-0.3, -0.25) is 9.59 Å². The molecule has 0 radical (unpaired) electrons. The highest BCUT2D eigenvalue weighted by atomic mass is 32.2. The number of hydrogen-bond donors (Lipinski definition) is 2. The number of aryl methyl sites for hydroxylation is 1. The number of carbonyl (C=O) groups excluding carboxylic acids is 2. The first-order valence-corrected chi connectivity index (χ1v) is 9.51. The molecule has 0 aromatic heterocycles. The minimum absolute atomic E-state index is 0.182. The van der Waals surface area contributed by atoms with Gasteiger partial charge in [-0.05, 0) is 31.7 Å². The first-order chi connectivity index (χ1) is 10.9. The molecule has 1 heterocycles. The van der Waals surface area contributed by atoms with Gasteiger partial charge >= 0.3 is 0 Å². The molecule has 0 bridgehead atoms. The molecular formula is C16H22N2O4S. The molecule has 1 saturated heterocycles. The zero-order valence-electron chi connectivity index (χ0n) is 13.2. The smallest absolute Gasteiger partial charge is 0.242 e. The molecule has 1 aromatic rings. The molecule has 1 fully saturated rings. The molecule has 7 heteroatoms. The minimum Gasteiger partial charge on any atom is -0.354 e. The van der Waals surface area contributed by atoms with Crippen LogP contribution in [0.2, 0.25) is 0 Å². The van der Waals surface area contributed by atoms with Gasteiger partial charge in [0.1, 0.15) is 11.8 Å². The zero-order valence-corrected chi connectivity index (χ0v) is 14.0. The van der Waals surface area contributed by atoms with Gasteiger partial charge < -0.3 is 10.6 Å². The molecule has 6 nitrogen and oxygen atoms in total. The summed E-state index contributed by atoms with van der Waals surface area (Å²) in [7, 11) is -3.57. The Morgan fingerprint density at radius 2 is 2.13 bits per heavy atom. The van der Waals surface area contributed by atoms with Crippen molar-refractivity contribution < 1.29 is 18.0 Å². The van der Waals surface area contributed by atoms with E-state index in [4.69, 9.17) is 0 Å². The van der Waals surface area contributed by atoms with Gasteiger partial charge in [-0.2, -0.15) is 0 Å². The summed E-state index contributed by atoms with van der Waals surface area (Å²) in [6.07, 6.45) is 2.22. The van der Waals surface area contributed by atoms with Crippen molar-refractivity contribution in [3.8, 4) is 0 Å².